The van der Waals surface area contributed by atoms with E-state index in [-0.39, 0.29) is 6.10 Å². The van der Waals surface area contributed by atoms with Crippen LogP contribution in [0.5, 0.6) is 0 Å². The van der Waals surface area contributed by atoms with Gasteiger partial charge < -0.3 is 10.0 Å². The molecule has 0 spiro atoms. The Morgan fingerprint density at radius 2 is 1.93 bits per heavy atom. The van der Waals surface area contributed by atoms with E-state index < -0.39 is 0 Å². The Kier molecular flexibility index (Phi) is 4.90. The van der Waals surface area contributed by atoms with Crippen LogP contribution in [0.2, 0.25) is 0 Å². The fourth-order valence-corrected chi connectivity index (χ4v) is 1.96. The molecule has 1 heterocycles. The highest BCUT2D eigenvalue weighted by Gasteiger charge is 2.20. The zero-order chi connectivity index (χ0) is 10.6. The lowest BCUT2D eigenvalue weighted by Gasteiger charge is -2.32. The molecule has 0 aromatic heterocycles. The van der Waals surface area contributed by atoms with Crippen molar-refractivity contribution in [2.24, 2.45) is 11.8 Å². The average Bonchev–Trinajstić information content (AvgIpc) is 2.20. The van der Waals surface area contributed by atoms with Crippen molar-refractivity contribution in [3.05, 3.63) is 0 Å². The second-order valence-corrected chi connectivity index (χ2v) is 4.94. The lowest BCUT2D eigenvalue weighted by Crippen LogP contribution is -2.40. The van der Waals surface area contributed by atoms with Gasteiger partial charge in [0.2, 0.25) is 0 Å². The predicted molar refractivity (Wildman–Crippen MR) is 60.3 cm³/mol. The largest absolute Gasteiger partial charge is 0.392 e. The van der Waals surface area contributed by atoms with Crippen molar-refractivity contribution < 1.29 is 5.11 Å². The van der Waals surface area contributed by atoms with Gasteiger partial charge in [-0.25, -0.2) is 0 Å². The first-order chi connectivity index (χ1) is 6.63. The Bertz CT molecular complexity index is 152. The van der Waals surface area contributed by atoms with E-state index in [4.69, 9.17) is 0 Å². The first kappa shape index (κ1) is 12.0. The van der Waals surface area contributed by atoms with Crippen LogP contribution >= 0.6 is 0 Å². The van der Waals surface area contributed by atoms with Gasteiger partial charge in [0.1, 0.15) is 0 Å². The summed E-state index contributed by atoms with van der Waals surface area (Å²) < 4.78 is 0. The van der Waals surface area contributed by atoms with Crippen molar-refractivity contribution in [2.75, 3.05) is 19.6 Å². The summed E-state index contributed by atoms with van der Waals surface area (Å²) in [5.74, 6) is 1.32. The molecule has 1 rings (SSSR count). The summed E-state index contributed by atoms with van der Waals surface area (Å²) in [6, 6.07) is 0. The SMILES string of the molecule is CCC(C)C(O)CN1CCC(C)CC1. The van der Waals surface area contributed by atoms with Gasteiger partial charge in [0.05, 0.1) is 6.10 Å². The van der Waals surface area contributed by atoms with Gasteiger partial charge in [0, 0.05) is 6.54 Å². The number of aliphatic hydroxyl groups is 1. The number of piperidine rings is 1. The maximum Gasteiger partial charge on any atom is 0.0692 e. The molecule has 1 N–H and O–H groups in total. The molecule has 1 fully saturated rings. The van der Waals surface area contributed by atoms with E-state index in [1.165, 1.54) is 25.9 Å². The molecule has 84 valence electrons. The molecule has 0 amide bonds. The van der Waals surface area contributed by atoms with E-state index in [9.17, 15) is 5.11 Å². The highest BCUT2D eigenvalue weighted by molar-refractivity contribution is 4.74. The van der Waals surface area contributed by atoms with Gasteiger partial charge in [-0.2, -0.15) is 0 Å². The van der Waals surface area contributed by atoms with Crippen molar-refractivity contribution in [3.63, 3.8) is 0 Å². The number of hydrogen-bond acceptors (Lipinski definition) is 2. The molecule has 0 saturated carbocycles. The maximum atomic E-state index is 9.89. The summed E-state index contributed by atoms with van der Waals surface area (Å²) in [7, 11) is 0. The van der Waals surface area contributed by atoms with Gasteiger partial charge >= 0.3 is 0 Å². The Hall–Kier alpha value is -0.0800. The average molecular weight is 199 g/mol. The van der Waals surface area contributed by atoms with Crippen LogP contribution in [0.4, 0.5) is 0 Å². The summed E-state index contributed by atoms with van der Waals surface area (Å²) in [5, 5.41) is 9.89. The van der Waals surface area contributed by atoms with Gasteiger partial charge in [-0.15, -0.1) is 0 Å². The number of likely N-dealkylation sites (tertiary alicyclic amines) is 1. The molecule has 2 nitrogen and oxygen atoms in total. The van der Waals surface area contributed by atoms with Crippen LogP contribution in [-0.4, -0.2) is 35.7 Å². The minimum atomic E-state index is -0.131. The van der Waals surface area contributed by atoms with E-state index in [1.54, 1.807) is 0 Å². The lowest BCUT2D eigenvalue weighted by atomic mass is 9.97. The molecule has 2 heteroatoms. The van der Waals surface area contributed by atoms with E-state index in [0.29, 0.717) is 5.92 Å². The second kappa shape index (κ2) is 5.72. The number of aliphatic hydroxyl groups excluding tert-OH is 1. The molecule has 0 aromatic carbocycles. The van der Waals surface area contributed by atoms with Crippen LogP contribution in [0.15, 0.2) is 0 Å². The molecule has 0 radical (unpaired) electrons. The predicted octanol–water partition coefficient (Wildman–Crippen LogP) is 2.13. The number of rotatable bonds is 4. The zero-order valence-electron chi connectivity index (χ0n) is 9.87. The topological polar surface area (TPSA) is 23.5 Å². The molecule has 0 bridgehead atoms. The standard InChI is InChI=1S/C12H25NO/c1-4-11(3)12(14)9-13-7-5-10(2)6-8-13/h10-12,14H,4-9H2,1-3H3. The van der Waals surface area contributed by atoms with Crippen molar-refractivity contribution in [3.8, 4) is 0 Å². The molecule has 0 aliphatic carbocycles. The van der Waals surface area contributed by atoms with Crippen molar-refractivity contribution in [1.29, 1.82) is 0 Å². The first-order valence-electron chi connectivity index (χ1n) is 6.04. The van der Waals surface area contributed by atoms with Gasteiger partial charge in [0.15, 0.2) is 0 Å². The summed E-state index contributed by atoms with van der Waals surface area (Å²) in [6.07, 6.45) is 3.54. The van der Waals surface area contributed by atoms with Crippen LogP contribution in [0.25, 0.3) is 0 Å². The number of nitrogens with zero attached hydrogens (tertiary/aromatic N) is 1. The van der Waals surface area contributed by atoms with Crippen LogP contribution in [0.1, 0.15) is 40.0 Å². The fourth-order valence-electron chi connectivity index (χ4n) is 1.96. The van der Waals surface area contributed by atoms with Crippen LogP contribution in [-0.2, 0) is 0 Å². The van der Waals surface area contributed by atoms with Crippen LogP contribution in [0.3, 0.4) is 0 Å². The quantitative estimate of drug-likeness (QED) is 0.749. The summed E-state index contributed by atoms with van der Waals surface area (Å²) in [6.45, 7) is 9.83. The Labute approximate surface area is 88.3 Å². The molecule has 0 aromatic rings. The second-order valence-electron chi connectivity index (χ2n) is 4.94. The third-order valence-corrected chi connectivity index (χ3v) is 3.62. The molecule has 2 unspecified atom stereocenters. The zero-order valence-corrected chi connectivity index (χ0v) is 9.87. The van der Waals surface area contributed by atoms with Gasteiger partial charge in [0.25, 0.3) is 0 Å². The van der Waals surface area contributed by atoms with Crippen molar-refractivity contribution in [2.45, 2.75) is 46.1 Å². The van der Waals surface area contributed by atoms with E-state index in [2.05, 4.69) is 25.7 Å². The minimum Gasteiger partial charge on any atom is -0.392 e. The smallest absolute Gasteiger partial charge is 0.0692 e. The Balaban J connectivity index is 2.23. The number of hydrogen-bond donors (Lipinski definition) is 1. The highest BCUT2D eigenvalue weighted by Crippen LogP contribution is 2.17. The molecule has 1 aliphatic heterocycles. The van der Waals surface area contributed by atoms with Crippen molar-refractivity contribution in [1.82, 2.24) is 4.90 Å². The highest BCUT2D eigenvalue weighted by atomic mass is 16.3. The van der Waals surface area contributed by atoms with E-state index in [1.807, 2.05) is 0 Å². The third kappa shape index (κ3) is 3.58. The van der Waals surface area contributed by atoms with Gasteiger partial charge in [-0.3, -0.25) is 0 Å². The summed E-state index contributed by atoms with van der Waals surface area (Å²) in [4.78, 5) is 2.41. The summed E-state index contributed by atoms with van der Waals surface area (Å²) in [5.41, 5.74) is 0. The molecule has 14 heavy (non-hydrogen) atoms. The molecule has 1 saturated heterocycles. The Morgan fingerprint density at radius 1 is 1.36 bits per heavy atom. The van der Waals surface area contributed by atoms with Crippen LogP contribution < -0.4 is 0 Å². The summed E-state index contributed by atoms with van der Waals surface area (Å²) >= 11 is 0. The van der Waals surface area contributed by atoms with E-state index >= 15 is 0 Å². The first-order valence-corrected chi connectivity index (χ1v) is 6.04. The lowest BCUT2D eigenvalue weighted by molar-refractivity contribution is 0.0553. The maximum absolute atomic E-state index is 9.89. The molecule has 1 aliphatic rings. The molecular formula is C12H25NO. The van der Waals surface area contributed by atoms with Gasteiger partial charge in [-0.05, 0) is 37.8 Å². The normalized spacial score (nSPS) is 24.9. The third-order valence-electron chi connectivity index (χ3n) is 3.62. The Morgan fingerprint density at radius 3 is 2.43 bits per heavy atom. The van der Waals surface area contributed by atoms with Crippen LogP contribution in [0, 0.1) is 11.8 Å². The minimum absolute atomic E-state index is 0.131. The monoisotopic (exact) mass is 199 g/mol. The molecule has 2 atom stereocenters. The molecular weight excluding hydrogens is 174 g/mol. The number of β-amino-alcohol motifs (C(OH)–C–C–N with tert-alkyl or cyclic N) is 1. The van der Waals surface area contributed by atoms with E-state index in [0.717, 1.165) is 18.9 Å². The fraction of sp³-hybridized carbons (Fsp3) is 1.00. The van der Waals surface area contributed by atoms with Gasteiger partial charge in [-0.1, -0.05) is 27.2 Å². The van der Waals surface area contributed by atoms with Crippen molar-refractivity contribution >= 4 is 0 Å².